The molecule has 0 radical (unpaired) electrons. The van der Waals surface area contributed by atoms with Gasteiger partial charge in [-0.25, -0.2) is 4.68 Å². The SMILES string of the molecule is CCOc1ccc(C(=O)N2CC[C@H](n3cc(-c4nc(CC)no4)nn3)C2)cc1. The van der Waals surface area contributed by atoms with E-state index >= 15 is 0 Å². The van der Waals surface area contributed by atoms with Gasteiger partial charge in [-0.15, -0.1) is 5.10 Å². The third kappa shape index (κ3) is 3.60. The molecule has 3 heterocycles. The van der Waals surface area contributed by atoms with Crippen molar-refractivity contribution in [2.45, 2.75) is 32.7 Å². The average molecular weight is 382 g/mol. The summed E-state index contributed by atoms with van der Waals surface area (Å²) in [5.41, 5.74) is 1.20. The van der Waals surface area contributed by atoms with Crippen molar-refractivity contribution in [2.75, 3.05) is 19.7 Å². The van der Waals surface area contributed by atoms with Crippen LogP contribution in [-0.2, 0) is 6.42 Å². The molecule has 0 unspecified atom stereocenters. The van der Waals surface area contributed by atoms with E-state index in [0.717, 1.165) is 12.2 Å². The summed E-state index contributed by atoms with van der Waals surface area (Å²) in [6.45, 7) is 5.75. The Bertz CT molecular complexity index is 949. The smallest absolute Gasteiger partial charge is 0.280 e. The lowest BCUT2D eigenvalue weighted by atomic mass is 10.2. The molecule has 9 heteroatoms. The van der Waals surface area contributed by atoms with Crippen LogP contribution in [0.5, 0.6) is 5.75 Å². The number of hydrogen-bond acceptors (Lipinski definition) is 7. The molecule has 0 N–H and O–H groups in total. The van der Waals surface area contributed by atoms with E-state index < -0.39 is 0 Å². The highest BCUT2D eigenvalue weighted by atomic mass is 16.5. The summed E-state index contributed by atoms with van der Waals surface area (Å²) in [6, 6.07) is 7.32. The van der Waals surface area contributed by atoms with Crippen molar-refractivity contribution >= 4 is 5.91 Å². The first-order chi connectivity index (χ1) is 13.7. The first-order valence-corrected chi connectivity index (χ1v) is 9.44. The number of nitrogens with zero attached hydrogens (tertiary/aromatic N) is 6. The van der Waals surface area contributed by atoms with Crippen LogP contribution in [0.2, 0.25) is 0 Å². The second-order valence-electron chi connectivity index (χ2n) is 6.60. The van der Waals surface area contributed by atoms with Crippen LogP contribution in [0.25, 0.3) is 11.6 Å². The van der Waals surface area contributed by atoms with Gasteiger partial charge in [-0.3, -0.25) is 4.79 Å². The Balaban J connectivity index is 1.41. The van der Waals surface area contributed by atoms with Gasteiger partial charge in [0.15, 0.2) is 11.5 Å². The molecule has 1 saturated heterocycles. The first kappa shape index (κ1) is 18.1. The fraction of sp³-hybridized carbons (Fsp3) is 0.421. The van der Waals surface area contributed by atoms with Gasteiger partial charge in [0.25, 0.3) is 11.8 Å². The first-order valence-electron chi connectivity index (χ1n) is 9.44. The normalized spacial score (nSPS) is 16.5. The number of carbonyl (C=O) groups is 1. The number of amides is 1. The Kier molecular flexibility index (Phi) is 5.05. The molecule has 4 rings (SSSR count). The Morgan fingerprint density at radius 3 is 2.82 bits per heavy atom. The van der Waals surface area contributed by atoms with Gasteiger partial charge in [0.05, 0.1) is 18.8 Å². The maximum atomic E-state index is 12.8. The van der Waals surface area contributed by atoms with Crippen molar-refractivity contribution in [3.63, 3.8) is 0 Å². The quantitative estimate of drug-likeness (QED) is 0.645. The second-order valence-corrected chi connectivity index (χ2v) is 6.60. The molecule has 1 aliphatic heterocycles. The van der Waals surface area contributed by atoms with Crippen LogP contribution in [0.15, 0.2) is 35.0 Å². The molecule has 28 heavy (non-hydrogen) atoms. The highest BCUT2D eigenvalue weighted by molar-refractivity contribution is 5.94. The van der Waals surface area contributed by atoms with E-state index in [1.54, 1.807) is 23.0 Å². The van der Waals surface area contributed by atoms with E-state index in [1.165, 1.54) is 0 Å². The largest absolute Gasteiger partial charge is 0.494 e. The van der Waals surface area contributed by atoms with Crippen LogP contribution in [0.4, 0.5) is 0 Å². The predicted octanol–water partition coefficient (Wildman–Crippen LogP) is 2.38. The molecule has 1 fully saturated rings. The van der Waals surface area contributed by atoms with Crippen LogP contribution < -0.4 is 4.74 Å². The number of hydrogen-bond donors (Lipinski definition) is 0. The van der Waals surface area contributed by atoms with Crippen molar-refractivity contribution in [1.29, 1.82) is 0 Å². The standard InChI is InChI=1S/C19H22N6O3/c1-3-17-20-18(28-22-17)16-12-25(23-21-16)14-9-10-24(11-14)19(26)13-5-7-15(8-6-13)27-4-2/h5-8,12,14H,3-4,9-11H2,1-2H3/t14-/m0/s1. The zero-order valence-electron chi connectivity index (χ0n) is 15.9. The van der Waals surface area contributed by atoms with Crippen LogP contribution in [-0.4, -0.2) is 55.6 Å². The number of aromatic nitrogens is 5. The molecule has 0 saturated carbocycles. The Labute approximate surface area is 162 Å². The van der Waals surface area contributed by atoms with Gasteiger partial charge in [-0.05, 0) is 37.6 Å². The Morgan fingerprint density at radius 1 is 1.29 bits per heavy atom. The Morgan fingerprint density at radius 2 is 2.11 bits per heavy atom. The molecule has 146 valence electrons. The number of carbonyl (C=O) groups excluding carboxylic acids is 1. The van der Waals surface area contributed by atoms with E-state index in [9.17, 15) is 4.79 Å². The number of rotatable bonds is 6. The highest BCUT2D eigenvalue weighted by Gasteiger charge is 2.29. The van der Waals surface area contributed by atoms with E-state index in [-0.39, 0.29) is 11.9 Å². The average Bonchev–Trinajstić information content (AvgIpc) is 3.47. The van der Waals surface area contributed by atoms with E-state index in [0.29, 0.717) is 49.1 Å². The second kappa shape index (κ2) is 7.79. The molecule has 1 atom stereocenters. The molecule has 1 aromatic carbocycles. The molecular weight excluding hydrogens is 360 g/mol. The number of ether oxygens (including phenoxy) is 1. The van der Waals surface area contributed by atoms with E-state index in [4.69, 9.17) is 9.26 Å². The molecule has 0 bridgehead atoms. The van der Waals surface area contributed by atoms with Gasteiger partial charge < -0.3 is 14.2 Å². The topological polar surface area (TPSA) is 99.2 Å². The monoisotopic (exact) mass is 382 g/mol. The maximum absolute atomic E-state index is 12.8. The maximum Gasteiger partial charge on any atom is 0.280 e. The van der Waals surface area contributed by atoms with Crippen LogP contribution in [0.1, 0.15) is 42.5 Å². The molecule has 2 aromatic heterocycles. The molecule has 0 aliphatic carbocycles. The summed E-state index contributed by atoms with van der Waals surface area (Å²) >= 11 is 0. The predicted molar refractivity (Wildman–Crippen MR) is 99.9 cm³/mol. The number of benzene rings is 1. The molecule has 1 aliphatic rings. The van der Waals surface area contributed by atoms with Crippen molar-refractivity contribution in [3.05, 3.63) is 41.9 Å². The summed E-state index contributed by atoms with van der Waals surface area (Å²) in [5, 5.41) is 12.2. The van der Waals surface area contributed by atoms with Gasteiger partial charge in [-0.1, -0.05) is 17.3 Å². The third-order valence-corrected chi connectivity index (χ3v) is 4.75. The number of aryl methyl sites for hydroxylation is 1. The lowest BCUT2D eigenvalue weighted by Crippen LogP contribution is -2.29. The van der Waals surface area contributed by atoms with Gasteiger partial charge in [0.2, 0.25) is 0 Å². The lowest BCUT2D eigenvalue weighted by molar-refractivity contribution is 0.0787. The van der Waals surface area contributed by atoms with E-state index in [1.807, 2.05) is 30.9 Å². The fourth-order valence-electron chi connectivity index (χ4n) is 3.24. The minimum absolute atomic E-state index is 0.00961. The number of likely N-dealkylation sites (tertiary alicyclic amines) is 1. The van der Waals surface area contributed by atoms with Crippen molar-refractivity contribution < 1.29 is 14.1 Å². The molecule has 1 amide bonds. The van der Waals surface area contributed by atoms with Gasteiger partial charge in [0, 0.05) is 25.1 Å². The lowest BCUT2D eigenvalue weighted by Gasteiger charge is -2.16. The third-order valence-electron chi connectivity index (χ3n) is 4.75. The van der Waals surface area contributed by atoms with Gasteiger partial charge >= 0.3 is 0 Å². The summed E-state index contributed by atoms with van der Waals surface area (Å²) in [5.74, 6) is 1.78. The molecule has 3 aromatic rings. The molecule has 9 nitrogen and oxygen atoms in total. The Hall–Kier alpha value is -3.23. The zero-order valence-corrected chi connectivity index (χ0v) is 15.9. The van der Waals surface area contributed by atoms with Crippen LogP contribution in [0.3, 0.4) is 0 Å². The van der Waals surface area contributed by atoms with Crippen molar-refractivity contribution in [3.8, 4) is 17.3 Å². The molecular formula is C19H22N6O3. The zero-order chi connectivity index (χ0) is 19.5. The summed E-state index contributed by atoms with van der Waals surface area (Å²) in [4.78, 5) is 18.9. The summed E-state index contributed by atoms with van der Waals surface area (Å²) in [7, 11) is 0. The summed E-state index contributed by atoms with van der Waals surface area (Å²) in [6.07, 6.45) is 3.31. The molecule has 0 spiro atoms. The highest BCUT2D eigenvalue weighted by Crippen LogP contribution is 2.25. The van der Waals surface area contributed by atoms with E-state index in [2.05, 4.69) is 20.5 Å². The van der Waals surface area contributed by atoms with Crippen molar-refractivity contribution in [1.82, 2.24) is 30.0 Å². The summed E-state index contributed by atoms with van der Waals surface area (Å²) < 4.78 is 12.4. The fourth-order valence-corrected chi connectivity index (χ4v) is 3.24. The van der Waals surface area contributed by atoms with Gasteiger partial charge in [0.1, 0.15) is 5.75 Å². The minimum Gasteiger partial charge on any atom is -0.494 e. The van der Waals surface area contributed by atoms with Gasteiger partial charge in [-0.2, -0.15) is 4.98 Å². The van der Waals surface area contributed by atoms with Crippen LogP contribution in [0, 0.1) is 0 Å². The van der Waals surface area contributed by atoms with Crippen molar-refractivity contribution in [2.24, 2.45) is 0 Å². The van der Waals surface area contributed by atoms with Crippen LogP contribution >= 0.6 is 0 Å². The minimum atomic E-state index is 0.00961.